The molecular weight excluding hydrogens is 272 g/mol. The molecule has 3 N–H and O–H groups in total. The van der Waals surface area contributed by atoms with Crippen LogP contribution in [0.25, 0.3) is 0 Å². The van der Waals surface area contributed by atoms with Gasteiger partial charge in [-0.05, 0) is 31.5 Å². The van der Waals surface area contributed by atoms with Crippen LogP contribution in [0.3, 0.4) is 0 Å². The second-order valence-corrected chi connectivity index (χ2v) is 4.40. The van der Waals surface area contributed by atoms with E-state index in [4.69, 9.17) is 15.0 Å². The third kappa shape index (κ3) is 4.07. The quantitative estimate of drug-likeness (QED) is 0.647. The summed E-state index contributed by atoms with van der Waals surface area (Å²) < 4.78 is 10.8. The number of aromatic nitrogens is 1. The highest BCUT2D eigenvalue weighted by Crippen LogP contribution is 2.17. The number of hydrogen-bond acceptors (Lipinski definition) is 5. The standard InChI is InChI=1S/C14H16N4O3/c1-9-13(10(2)21-18-9)8-20-12-5-3-4-11(6-12)7-16-17-14(15)19/h3-7H,8H2,1-2H3,(H3,15,17,19). The molecule has 0 bridgehead atoms. The highest BCUT2D eigenvalue weighted by molar-refractivity contribution is 5.81. The Labute approximate surface area is 121 Å². The number of ether oxygens (including phenoxy) is 1. The van der Waals surface area contributed by atoms with Crippen molar-refractivity contribution in [3.05, 3.63) is 46.8 Å². The maximum Gasteiger partial charge on any atom is 0.332 e. The molecule has 0 aliphatic carbocycles. The minimum absolute atomic E-state index is 0.376. The van der Waals surface area contributed by atoms with Crippen molar-refractivity contribution >= 4 is 12.2 Å². The molecule has 21 heavy (non-hydrogen) atoms. The molecular formula is C14H16N4O3. The van der Waals surface area contributed by atoms with Gasteiger partial charge in [-0.3, -0.25) is 0 Å². The number of amides is 2. The van der Waals surface area contributed by atoms with E-state index in [9.17, 15) is 4.79 Å². The largest absolute Gasteiger partial charge is 0.489 e. The molecule has 0 atom stereocenters. The highest BCUT2D eigenvalue weighted by atomic mass is 16.5. The van der Waals surface area contributed by atoms with E-state index in [0.29, 0.717) is 12.4 Å². The van der Waals surface area contributed by atoms with Crippen molar-refractivity contribution in [2.45, 2.75) is 20.5 Å². The van der Waals surface area contributed by atoms with Crippen molar-refractivity contribution in [2.75, 3.05) is 0 Å². The fourth-order valence-electron chi connectivity index (χ4n) is 1.72. The average molecular weight is 288 g/mol. The second-order valence-electron chi connectivity index (χ2n) is 4.40. The zero-order valence-electron chi connectivity index (χ0n) is 11.8. The van der Waals surface area contributed by atoms with Crippen molar-refractivity contribution < 1.29 is 14.1 Å². The summed E-state index contributed by atoms with van der Waals surface area (Å²) in [5.41, 5.74) is 9.57. The van der Waals surface area contributed by atoms with E-state index >= 15 is 0 Å². The highest BCUT2D eigenvalue weighted by Gasteiger charge is 2.09. The van der Waals surface area contributed by atoms with Crippen LogP contribution in [-0.2, 0) is 6.61 Å². The minimum Gasteiger partial charge on any atom is -0.489 e. The molecule has 2 amide bonds. The predicted molar refractivity (Wildman–Crippen MR) is 77.1 cm³/mol. The smallest absolute Gasteiger partial charge is 0.332 e. The number of rotatable bonds is 5. The zero-order valence-corrected chi connectivity index (χ0v) is 11.8. The first-order valence-corrected chi connectivity index (χ1v) is 6.29. The van der Waals surface area contributed by atoms with E-state index in [1.165, 1.54) is 6.21 Å². The van der Waals surface area contributed by atoms with Gasteiger partial charge in [-0.15, -0.1) is 0 Å². The van der Waals surface area contributed by atoms with Gasteiger partial charge in [-0.1, -0.05) is 17.3 Å². The Hall–Kier alpha value is -2.83. The van der Waals surface area contributed by atoms with Crippen LogP contribution in [0.4, 0.5) is 4.79 Å². The van der Waals surface area contributed by atoms with E-state index in [1.54, 1.807) is 6.07 Å². The Morgan fingerprint density at radius 3 is 3.00 bits per heavy atom. The SMILES string of the molecule is Cc1noc(C)c1COc1cccc(C=NNC(N)=O)c1. The summed E-state index contributed by atoms with van der Waals surface area (Å²) >= 11 is 0. The number of benzene rings is 1. The zero-order chi connectivity index (χ0) is 15.2. The van der Waals surface area contributed by atoms with Crippen molar-refractivity contribution in [2.24, 2.45) is 10.8 Å². The van der Waals surface area contributed by atoms with Crippen molar-refractivity contribution in [1.82, 2.24) is 10.6 Å². The molecule has 0 saturated carbocycles. The fraction of sp³-hybridized carbons (Fsp3) is 0.214. The summed E-state index contributed by atoms with van der Waals surface area (Å²) in [6.45, 7) is 4.09. The number of primary amides is 1. The molecule has 0 radical (unpaired) electrons. The Balaban J connectivity index is 2.01. The minimum atomic E-state index is -0.711. The Bertz CT molecular complexity index is 644. The lowest BCUT2D eigenvalue weighted by molar-refractivity contribution is 0.249. The molecule has 1 aromatic heterocycles. The maximum absolute atomic E-state index is 10.5. The number of hydrogen-bond donors (Lipinski definition) is 2. The van der Waals surface area contributed by atoms with Crippen LogP contribution in [0.5, 0.6) is 5.75 Å². The molecule has 1 aromatic carbocycles. The normalized spacial score (nSPS) is 10.8. The molecule has 0 fully saturated rings. The first kappa shape index (κ1) is 14.6. The lowest BCUT2D eigenvalue weighted by Crippen LogP contribution is -2.24. The van der Waals surface area contributed by atoms with E-state index < -0.39 is 6.03 Å². The summed E-state index contributed by atoms with van der Waals surface area (Å²) in [4.78, 5) is 10.5. The van der Waals surface area contributed by atoms with Gasteiger partial charge in [0, 0.05) is 0 Å². The molecule has 7 heteroatoms. The van der Waals surface area contributed by atoms with Gasteiger partial charge < -0.3 is 15.0 Å². The van der Waals surface area contributed by atoms with Crippen LogP contribution < -0.4 is 15.9 Å². The number of nitrogens with two attached hydrogens (primary N) is 1. The first-order valence-electron chi connectivity index (χ1n) is 6.29. The van der Waals surface area contributed by atoms with Crippen LogP contribution in [0.15, 0.2) is 33.9 Å². The Kier molecular flexibility index (Phi) is 4.55. The van der Waals surface area contributed by atoms with Crippen molar-refractivity contribution in [3.63, 3.8) is 0 Å². The van der Waals surface area contributed by atoms with Crippen LogP contribution in [0.2, 0.25) is 0 Å². The predicted octanol–water partition coefficient (Wildman–Crippen LogP) is 1.87. The molecule has 0 aliphatic rings. The van der Waals surface area contributed by atoms with E-state index in [-0.39, 0.29) is 0 Å². The second kappa shape index (κ2) is 6.56. The van der Waals surface area contributed by atoms with Gasteiger partial charge in [-0.25, -0.2) is 10.2 Å². The number of carbonyl (C=O) groups excluding carboxylic acids is 1. The lowest BCUT2D eigenvalue weighted by Gasteiger charge is -2.06. The fourth-order valence-corrected chi connectivity index (χ4v) is 1.72. The average Bonchev–Trinajstić information content (AvgIpc) is 2.76. The molecule has 0 spiro atoms. The van der Waals surface area contributed by atoms with E-state index in [2.05, 4.69) is 15.7 Å². The van der Waals surface area contributed by atoms with Crippen LogP contribution in [0, 0.1) is 13.8 Å². The molecule has 2 aromatic rings. The molecule has 2 rings (SSSR count). The van der Waals surface area contributed by atoms with E-state index in [0.717, 1.165) is 22.6 Å². The molecule has 0 saturated heterocycles. The number of urea groups is 1. The monoisotopic (exact) mass is 288 g/mol. The van der Waals surface area contributed by atoms with E-state index in [1.807, 2.05) is 32.0 Å². The number of nitrogens with zero attached hydrogens (tertiary/aromatic N) is 2. The number of carbonyl (C=O) groups is 1. The molecule has 0 unspecified atom stereocenters. The van der Waals surface area contributed by atoms with Gasteiger partial charge in [0.2, 0.25) is 0 Å². The maximum atomic E-state index is 10.5. The summed E-state index contributed by atoms with van der Waals surface area (Å²) in [6.07, 6.45) is 1.48. The van der Waals surface area contributed by atoms with Gasteiger partial charge in [0.25, 0.3) is 0 Å². The van der Waals surface area contributed by atoms with Gasteiger partial charge in [0.05, 0.1) is 17.5 Å². The third-order valence-corrected chi connectivity index (χ3v) is 2.81. The van der Waals surface area contributed by atoms with Gasteiger partial charge in [-0.2, -0.15) is 5.10 Å². The molecule has 0 aliphatic heterocycles. The lowest BCUT2D eigenvalue weighted by atomic mass is 10.2. The van der Waals surface area contributed by atoms with Crippen LogP contribution >= 0.6 is 0 Å². The van der Waals surface area contributed by atoms with Gasteiger partial charge in [0.15, 0.2) is 0 Å². The van der Waals surface area contributed by atoms with Crippen molar-refractivity contribution in [3.8, 4) is 5.75 Å². The number of aryl methyl sites for hydroxylation is 2. The van der Waals surface area contributed by atoms with Crippen LogP contribution in [-0.4, -0.2) is 17.4 Å². The summed E-state index contributed by atoms with van der Waals surface area (Å²) in [7, 11) is 0. The van der Waals surface area contributed by atoms with Crippen LogP contribution in [0.1, 0.15) is 22.6 Å². The van der Waals surface area contributed by atoms with Gasteiger partial charge >= 0.3 is 6.03 Å². The number of nitrogens with one attached hydrogen (secondary N) is 1. The third-order valence-electron chi connectivity index (χ3n) is 2.81. The first-order chi connectivity index (χ1) is 10.1. The van der Waals surface area contributed by atoms with Crippen molar-refractivity contribution in [1.29, 1.82) is 0 Å². The number of hydrazone groups is 1. The summed E-state index contributed by atoms with van der Waals surface area (Å²) in [5.74, 6) is 1.42. The summed E-state index contributed by atoms with van der Waals surface area (Å²) in [6, 6.07) is 6.57. The molecule has 7 nitrogen and oxygen atoms in total. The Morgan fingerprint density at radius 2 is 2.33 bits per heavy atom. The molecule has 1 heterocycles. The topological polar surface area (TPSA) is 103 Å². The Morgan fingerprint density at radius 1 is 1.52 bits per heavy atom. The van der Waals surface area contributed by atoms with Gasteiger partial charge in [0.1, 0.15) is 18.1 Å². The summed E-state index contributed by atoms with van der Waals surface area (Å²) in [5, 5.41) is 7.57. The molecule has 110 valence electrons.